The third kappa shape index (κ3) is 6.88. The molecule has 12 heteroatoms. The fourth-order valence-corrected chi connectivity index (χ4v) is 4.03. The van der Waals surface area contributed by atoms with Crippen LogP contribution in [0.2, 0.25) is 20.1 Å². The van der Waals surface area contributed by atoms with E-state index in [1.807, 2.05) is 0 Å². The SMILES string of the molecule is C=CCn1c(CNC(=O)c2ccc(Cl)c(Cl)c2)nnc1SCC(=O)Nc1ccc(Cl)c(Cl)c1. The van der Waals surface area contributed by atoms with Crippen LogP contribution in [0.5, 0.6) is 0 Å². The highest BCUT2D eigenvalue weighted by Gasteiger charge is 2.15. The molecule has 0 aliphatic heterocycles. The predicted molar refractivity (Wildman–Crippen MR) is 134 cm³/mol. The van der Waals surface area contributed by atoms with E-state index in [-0.39, 0.29) is 29.1 Å². The number of thioether (sulfide) groups is 1. The Morgan fingerprint density at radius 3 is 2.36 bits per heavy atom. The van der Waals surface area contributed by atoms with E-state index in [4.69, 9.17) is 46.4 Å². The summed E-state index contributed by atoms with van der Waals surface area (Å²) in [4.78, 5) is 24.7. The summed E-state index contributed by atoms with van der Waals surface area (Å²) < 4.78 is 1.76. The Kier molecular flexibility index (Phi) is 9.05. The highest BCUT2D eigenvalue weighted by molar-refractivity contribution is 7.99. The number of halogens is 4. The zero-order valence-electron chi connectivity index (χ0n) is 16.9. The molecule has 0 spiro atoms. The lowest BCUT2D eigenvalue weighted by Crippen LogP contribution is -2.25. The summed E-state index contributed by atoms with van der Waals surface area (Å²) in [6.07, 6.45) is 1.67. The average Bonchev–Trinajstić information content (AvgIpc) is 3.17. The molecule has 0 fully saturated rings. The van der Waals surface area contributed by atoms with Crippen LogP contribution in [0.25, 0.3) is 0 Å². The molecule has 1 aromatic heterocycles. The Morgan fingerprint density at radius 2 is 1.70 bits per heavy atom. The van der Waals surface area contributed by atoms with E-state index < -0.39 is 0 Å². The molecule has 0 aliphatic rings. The van der Waals surface area contributed by atoms with Crippen molar-refractivity contribution in [2.75, 3.05) is 11.1 Å². The molecule has 0 saturated carbocycles. The number of allylic oxidation sites excluding steroid dienone is 1. The maximum atomic E-state index is 12.4. The van der Waals surface area contributed by atoms with Gasteiger partial charge in [-0.3, -0.25) is 9.59 Å². The number of rotatable bonds is 9. The van der Waals surface area contributed by atoms with Crippen LogP contribution in [-0.4, -0.2) is 32.3 Å². The first-order chi connectivity index (χ1) is 15.8. The van der Waals surface area contributed by atoms with Gasteiger partial charge in [0.1, 0.15) is 0 Å². The van der Waals surface area contributed by atoms with E-state index in [0.717, 1.165) is 0 Å². The number of amides is 2. The molecule has 0 radical (unpaired) electrons. The van der Waals surface area contributed by atoms with E-state index in [0.29, 0.717) is 43.8 Å². The minimum Gasteiger partial charge on any atom is -0.345 e. The van der Waals surface area contributed by atoms with Gasteiger partial charge in [0.05, 0.1) is 32.4 Å². The number of benzene rings is 2. The topological polar surface area (TPSA) is 88.9 Å². The summed E-state index contributed by atoms with van der Waals surface area (Å²) in [5.41, 5.74) is 0.904. The Hall–Kier alpha value is -2.23. The Labute approximate surface area is 214 Å². The first-order valence-corrected chi connectivity index (χ1v) is 11.9. The van der Waals surface area contributed by atoms with E-state index in [2.05, 4.69) is 27.4 Å². The zero-order valence-corrected chi connectivity index (χ0v) is 20.8. The number of carbonyl (C=O) groups excluding carboxylic acids is 2. The molecule has 7 nitrogen and oxygen atoms in total. The van der Waals surface area contributed by atoms with Gasteiger partial charge < -0.3 is 15.2 Å². The maximum Gasteiger partial charge on any atom is 0.251 e. The number of carbonyl (C=O) groups is 2. The molecule has 0 aliphatic carbocycles. The molecule has 1 heterocycles. The van der Waals surface area contributed by atoms with Gasteiger partial charge in [0.2, 0.25) is 5.91 Å². The van der Waals surface area contributed by atoms with Gasteiger partial charge >= 0.3 is 0 Å². The van der Waals surface area contributed by atoms with Crippen LogP contribution in [0.1, 0.15) is 16.2 Å². The van der Waals surface area contributed by atoms with Gasteiger partial charge in [0.25, 0.3) is 5.91 Å². The monoisotopic (exact) mass is 543 g/mol. The van der Waals surface area contributed by atoms with E-state index in [1.54, 1.807) is 41.0 Å². The van der Waals surface area contributed by atoms with Crippen molar-refractivity contribution in [2.24, 2.45) is 0 Å². The lowest BCUT2D eigenvalue weighted by atomic mass is 10.2. The summed E-state index contributed by atoms with van der Waals surface area (Å²) in [5, 5.41) is 15.7. The maximum absolute atomic E-state index is 12.4. The summed E-state index contributed by atoms with van der Waals surface area (Å²) in [7, 11) is 0. The van der Waals surface area contributed by atoms with Crippen LogP contribution < -0.4 is 10.6 Å². The summed E-state index contributed by atoms with van der Waals surface area (Å²) >= 11 is 24.9. The molecule has 3 rings (SSSR count). The van der Waals surface area contributed by atoms with Gasteiger partial charge in [0.15, 0.2) is 11.0 Å². The number of nitrogens with zero attached hydrogens (tertiary/aromatic N) is 3. The number of hydrogen-bond acceptors (Lipinski definition) is 5. The van der Waals surface area contributed by atoms with Crippen LogP contribution in [0.4, 0.5) is 5.69 Å². The molecule has 0 unspecified atom stereocenters. The standard InChI is InChI=1S/C21H17Cl4N5O2S/c1-2-7-30-18(10-26-20(32)12-3-5-14(22)16(24)8-12)28-29-21(30)33-11-19(31)27-13-4-6-15(23)17(25)9-13/h2-6,8-9H,1,7,10-11H2,(H,26,32)(H,27,31). The number of nitrogens with one attached hydrogen (secondary N) is 2. The van der Waals surface area contributed by atoms with E-state index in [9.17, 15) is 9.59 Å². The fraction of sp³-hybridized carbons (Fsp3) is 0.143. The molecule has 0 bridgehead atoms. The van der Waals surface area contributed by atoms with Gasteiger partial charge in [-0.05, 0) is 36.4 Å². The van der Waals surface area contributed by atoms with Crippen LogP contribution in [-0.2, 0) is 17.9 Å². The second-order valence-corrected chi connectivity index (χ2v) is 9.15. The molecular weight excluding hydrogens is 528 g/mol. The third-order valence-corrected chi connectivity index (χ3v) is 6.67. The van der Waals surface area contributed by atoms with Gasteiger partial charge in [-0.25, -0.2) is 0 Å². The molecule has 0 saturated heterocycles. The molecule has 2 N–H and O–H groups in total. The molecule has 0 atom stereocenters. The zero-order chi connectivity index (χ0) is 24.0. The van der Waals surface area contributed by atoms with E-state index in [1.165, 1.54) is 17.8 Å². The largest absolute Gasteiger partial charge is 0.345 e. The Bertz CT molecular complexity index is 1200. The fourth-order valence-electron chi connectivity index (χ4n) is 2.67. The quantitative estimate of drug-likeness (QED) is 0.265. The molecule has 2 aromatic carbocycles. The van der Waals surface area contributed by atoms with Crippen molar-refractivity contribution in [3.8, 4) is 0 Å². The van der Waals surface area contributed by atoms with Crippen molar-refractivity contribution in [2.45, 2.75) is 18.2 Å². The lowest BCUT2D eigenvalue weighted by Gasteiger charge is -2.10. The smallest absolute Gasteiger partial charge is 0.251 e. The van der Waals surface area contributed by atoms with Crippen molar-refractivity contribution >= 4 is 75.7 Å². The van der Waals surface area contributed by atoms with E-state index >= 15 is 0 Å². The molecule has 33 heavy (non-hydrogen) atoms. The molecule has 2 amide bonds. The van der Waals surface area contributed by atoms with Crippen LogP contribution in [0.3, 0.4) is 0 Å². The third-order valence-electron chi connectivity index (χ3n) is 4.23. The summed E-state index contributed by atoms with van der Waals surface area (Å²) in [6, 6.07) is 9.45. The van der Waals surface area contributed by atoms with Crippen LogP contribution in [0, 0.1) is 0 Å². The molecule has 172 valence electrons. The predicted octanol–water partition coefficient (Wildman–Crippen LogP) is 5.74. The Morgan fingerprint density at radius 1 is 1.00 bits per heavy atom. The minimum atomic E-state index is -0.336. The second-order valence-electron chi connectivity index (χ2n) is 6.58. The second kappa shape index (κ2) is 11.8. The lowest BCUT2D eigenvalue weighted by molar-refractivity contribution is -0.113. The van der Waals surface area contributed by atoms with Crippen molar-refractivity contribution in [1.29, 1.82) is 0 Å². The summed E-state index contributed by atoms with van der Waals surface area (Å²) in [5.74, 6) is 0.0131. The van der Waals surface area contributed by atoms with Gasteiger partial charge in [-0.2, -0.15) is 0 Å². The average molecular weight is 545 g/mol. The van der Waals surface area contributed by atoms with Gasteiger partial charge in [0, 0.05) is 17.8 Å². The van der Waals surface area contributed by atoms with Crippen molar-refractivity contribution in [3.05, 3.63) is 80.5 Å². The van der Waals surface area contributed by atoms with Crippen molar-refractivity contribution < 1.29 is 9.59 Å². The summed E-state index contributed by atoms with van der Waals surface area (Å²) in [6.45, 7) is 4.27. The van der Waals surface area contributed by atoms with Crippen molar-refractivity contribution in [3.63, 3.8) is 0 Å². The first-order valence-electron chi connectivity index (χ1n) is 9.42. The number of anilines is 1. The van der Waals surface area contributed by atoms with Crippen LogP contribution in [0.15, 0.2) is 54.2 Å². The van der Waals surface area contributed by atoms with Gasteiger partial charge in [-0.1, -0.05) is 64.2 Å². The van der Waals surface area contributed by atoms with Gasteiger partial charge in [-0.15, -0.1) is 16.8 Å². The normalized spacial score (nSPS) is 10.7. The first kappa shape index (κ1) is 25.4. The molecular formula is C21H17Cl4N5O2S. The van der Waals surface area contributed by atoms with Crippen LogP contribution >= 0.6 is 58.2 Å². The molecule has 3 aromatic rings. The Balaban J connectivity index is 1.61. The minimum absolute atomic E-state index is 0.0884. The van der Waals surface area contributed by atoms with Crippen molar-refractivity contribution in [1.82, 2.24) is 20.1 Å². The highest BCUT2D eigenvalue weighted by atomic mass is 35.5. The highest BCUT2D eigenvalue weighted by Crippen LogP contribution is 2.26. The number of hydrogen-bond donors (Lipinski definition) is 2. The number of aromatic nitrogens is 3.